The average molecular weight is 644 g/mol. The molecule has 0 unspecified atom stereocenters. The van der Waals surface area contributed by atoms with Crippen LogP contribution in [0.5, 0.6) is 5.75 Å². The number of likely N-dealkylation sites (N-methyl/N-ethyl adjacent to an activating group) is 1. The Morgan fingerprint density at radius 2 is 1.64 bits per heavy atom. The molecule has 3 aromatic carbocycles. The van der Waals surface area contributed by atoms with E-state index in [1.165, 1.54) is 0 Å². The smallest absolute Gasteiger partial charge is 0.258 e. The lowest BCUT2D eigenvalue weighted by Gasteiger charge is -2.36. The summed E-state index contributed by atoms with van der Waals surface area (Å²) in [6, 6.07) is 23.8. The summed E-state index contributed by atoms with van der Waals surface area (Å²) in [5.74, 6) is -0.254. The Balaban J connectivity index is 1.58. The van der Waals surface area contributed by atoms with E-state index in [0.29, 0.717) is 36.6 Å². The van der Waals surface area contributed by atoms with E-state index in [9.17, 15) is 19.5 Å². The van der Waals surface area contributed by atoms with Gasteiger partial charge in [-0.25, -0.2) is 0 Å². The van der Waals surface area contributed by atoms with Crippen LogP contribution in [0.1, 0.15) is 61.5 Å². The molecular formula is C38H49N3O6. The van der Waals surface area contributed by atoms with Crippen molar-refractivity contribution in [1.82, 2.24) is 9.80 Å². The van der Waals surface area contributed by atoms with Crippen molar-refractivity contribution in [3.63, 3.8) is 0 Å². The summed E-state index contributed by atoms with van der Waals surface area (Å²) in [6.07, 6.45) is 2.46. The van der Waals surface area contributed by atoms with Crippen LogP contribution in [0.15, 0.2) is 78.9 Å². The van der Waals surface area contributed by atoms with Gasteiger partial charge >= 0.3 is 0 Å². The number of benzene rings is 3. The zero-order chi connectivity index (χ0) is 33.8. The number of amides is 3. The zero-order valence-electron chi connectivity index (χ0n) is 28.1. The molecule has 1 aliphatic heterocycles. The predicted octanol–water partition coefficient (Wildman–Crippen LogP) is 5.36. The van der Waals surface area contributed by atoms with Crippen LogP contribution in [0.2, 0.25) is 0 Å². The second-order valence-electron chi connectivity index (χ2n) is 12.7. The number of carbonyl (C=O) groups is 3. The van der Waals surface area contributed by atoms with Gasteiger partial charge in [-0.05, 0) is 62.4 Å². The van der Waals surface area contributed by atoms with Crippen molar-refractivity contribution in [1.29, 1.82) is 0 Å². The third-order valence-electron chi connectivity index (χ3n) is 8.62. The van der Waals surface area contributed by atoms with Gasteiger partial charge in [0.1, 0.15) is 5.75 Å². The maximum absolute atomic E-state index is 14.3. The molecule has 1 heterocycles. The fourth-order valence-electron chi connectivity index (χ4n) is 5.73. The lowest BCUT2D eigenvalue weighted by molar-refractivity contribution is -0.131. The minimum Gasteiger partial charge on any atom is -0.490 e. The lowest BCUT2D eigenvalue weighted by atomic mass is 10.0. The van der Waals surface area contributed by atoms with Gasteiger partial charge in [0.05, 0.1) is 43.3 Å². The summed E-state index contributed by atoms with van der Waals surface area (Å²) in [5.41, 5.74) is 2.63. The number of nitrogens with zero attached hydrogens (tertiary/aromatic N) is 2. The van der Waals surface area contributed by atoms with Gasteiger partial charge in [0.15, 0.2) is 0 Å². The first-order valence-electron chi connectivity index (χ1n) is 16.6. The van der Waals surface area contributed by atoms with Gasteiger partial charge in [0.2, 0.25) is 11.8 Å². The molecule has 0 saturated heterocycles. The maximum atomic E-state index is 14.3. The number of rotatable bonds is 9. The third-order valence-corrected chi connectivity index (χ3v) is 8.62. The summed E-state index contributed by atoms with van der Waals surface area (Å²) >= 11 is 0. The van der Waals surface area contributed by atoms with E-state index in [-0.39, 0.29) is 55.4 Å². The highest BCUT2D eigenvalue weighted by Crippen LogP contribution is 2.28. The van der Waals surface area contributed by atoms with E-state index in [1.54, 1.807) is 42.0 Å². The quantitative estimate of drug-likeness (QED) is 0.325. The van der Waals surface area contributed by atoms with Gasteiger partial charge in [0, 0.05) is 38.3 Å². The molecule has 0 aromatic heterocycles. The molecule has 3 aromatic rings. The van der Waals surface area contributed by atoms with Crippen LogP contribution < -0.4 is 10.1 Å². The molecule has 9 nitrogen and oxygen atoms in total. The van der Waals surface area contributed by atoms with E-state index in [0.717, 1.165) is 30.4 Å². The molecule has 0 saturated carbocycles. The average Bonchev–Trinajstić information content (AvgIpc) is 3.06. The van der Waals surface area contributed by atoms with E-state index in [1.807, 2.05) is 74.5 Å². The van der Waals surface area contributed by atoms with Gasteiger partial charge < -0.3 is 29.7 Å². The Hall–Kier alpha value is -4.21. The molecule has 0 fully saturated rings. The largest absolute Gasteiger partial charge is 0.490 e. The van der Waals surface area contributed by atoms with Crippen molar-refractivity contribution in [2.45, 2.75) is 71.1 Å². The minimum atomic E-state index is -0.502. The number of ether oxygens (including phenoxy) is 2. The van der Waals surface area contributed by atoms with Crippen molar-refractivity contribution in [2.24, 2.45) is 5.92 Å². The summed E-state index contributed by atoms with van der Waals surface area (Å²) in [6.45, 7) is 6.72. The summed E-state index contributed by atoms with van der Waals surface area (Å²) < 4.78 is 12.7. The van der Waals surface area contributed by atoms with E-state index < -0.39 is 6.04 Å². The number of aliphatic hydroxyl groups is 1. The first kappa shape index (κ1) is 35.6. The summed E-state index contributed by atoms with van der Waals surface area (Å²) in [7, 11) is 1.79. The highest BCUT2D eigenvalue weighted by molar-refractivity contribution is 6.00. The standard InChI is InChI=1S/C38H49N3O6/c1-27-24-41(28(2)26-42)38(45)33-23-32(39-36(43)21-30-14-7-5-8-15-30)18-19-34(33)47-29(3)13-11-12-20-46-35(27)25-40(4)37(44)22-31-16-9-6-10-17-31/h5-10,14-19,23,27-29,35,42H,11-13,20-22,24-26H2,1-4H3,(H,39,43)/t27-,28-,29-,35+/m0/s1. The number of nitrogens with one attached hydrogen (secondary N) is 1. The molecule has 0 spiro atoms. The molecule has 0 radical (unpaired) electrons. The van der Waals surface area contributed by atoms with Gasteiger partial charge in [-0.2, -0.15) is 0 Å². The second kappa shape index (κ2) is 17.6. The van der Waals surface area contributed by atoms with E-state index in [2.05, 4.69) is 5.32 Å². The van der Waals surface area contributed by atoms with Crippen LogP contribution in [0.4, 0.5) is 5.69 Å². The van der Waals surface area contributed by atoms with Gasteiger partial charge in [-0.1, -0.05) is 67.6 Å². The molecule has 2 N–H and O–H groups in total. The summed E-state index contributed by atoms with van der Waals surface area (Å²) in [4.78, 5) is 43.7. The molecule has 0 bridgehead atoms. The molecule has 4 rings (SSSR count). The van der Waals surface area contributed by atoms with E-state index in [4.69, 9.17) is 9.47 Å². The number of aliphatic hydroxyl groups excluding tert-OH is 1. The van der Waals surface area contributed by atoms with E-state index >= 15 is 0 Å². The maximum Gasteiger partial charge on any atom is 0.258 e. The SMILES string of the molecule is C[C@H]1CCCCO[C@H](CN(C)C(=O)Cc2ccccc2)[C@@H](C)CN([C@@H](C)CO)C(=O)c2cc(NC(=O)Cc3ccccc3)ccc2O1. The highest BCUT2D eigenvalue weighted by Gasteiger charge is 2.31. The molecule has 4 atom stereocenters. The summed E-state index contributed by atoms with van der Waals surface area (Å²) in [5, 5.41) is 13.2. The Bertz CT molecular complexity index is 1450. The number of hydrogen-bond acceptors (Lipinski definition) is 6. The Morgan fingerprint density at radius 3 is 2.30 bits per heavy atom. The molecule has 9 heteroatoms. The molecule has 1 aliphatic rings. The Labute approximate surface area is 278 Å². The van der Waals surface area contributed by atoms with Crippen molar-refractivity contribution in [2.75, 3.05) is 38.7 Å². The molecule has 3 amide bonds. The molecular weight excluding hydrogens is 594 g/mol. The fraction of sp³-hybridized carbons (Fsp3) is 0.447. The van der Waals surface area contributed by atoms with Gasteiger partial charge in [0.25, 0.3) is 5.91 Å². The van der Waals surface area contributed by atoms with Crippen LogP contribution in [-0.4, -0.2) is 84.2 Å². The normalized spacial score (nSPS) is 19.9. The molecule has 47 heavy (non-hydrogen) atoms. The van der Waals surface area contributed by atoms with Crippen LogP contribution in [0.25, 0.3) is 0 Å². The molecule has 252 valence electrons. The molecule has 0 aliphatic carbocycles. The van der Waals surface area contributed by atoms with Crippen molar-refractivity contribution < 1.29 is 29.0 Å². The number of fused-ring (bicyclic) bond motifs is 1. The number of carbonyl (C=O) groups excluding carboxylic acids is 3. The van der Waals surface area contributed by atoms with Crippen LogP contribution in [-0.2, 0) is 27.2 Å². The lowest BCUT2D eigenvalue weighted by Crippen LogP contribution is -2.48. The number of hydrogen-bond donors (Lipinski definition) is 2. The van der Waals surface area contributed by atoms with Crippen molar-refractivity contribution >= 4 is 23.4 Å². The third kappa shape index (κ3) is 10.7. The van der Waals surface area contributed by atoms with Gasteiger partial charge in [-0.15, -0.1) is 0 Å². The predicted molar refractivity (Wildman–Crippen MR) is 183 cm³/mol. The van der Waals surface area contributed by atoms with Gasteiger partial charge in [-0.3, -0.25) is 14.4 Å². The highest BCUT2D eigenvalue weighted by atomic mass is 16.5. The Kier molecular flexibility index (Phi) is 13.4. The van der Waals surface area contributed by atoms with Crippen molar-refractivity contribution in [3.8, 4) is 5.75 Å². The monoisotopic (exact) mass is 643 g/mol. The van der Waals surface area contributed by atoms with Crippen LogP contribution in [0.3, 0.4) is 0 Å². The second-order valence-corrected chi connectivity index (χ2v) is 12.7. The minimum absolute atomic E-state index is 0.00944. The van der Waals surface area contributed by atoms with Crippen molar-refractivity contribution in [3.05, 3.63) is 95.6 Å². The number of anilines is 1. The fourth-order valence-corrected chi connectivity index (χ4v) is 5.73. The Morgan fingerprint density at radius 1 is 0.979 bits per heavy atom. The zero-order valence-corrected chi connectivity index (χ0v) is 28.1. The van der Waals surface area contributed by atoms with Crippen LogP contribution >= 0.6 is 0 Å². The first-order valence-corrected chi connectivity index (χ1v) is 16.6. The topological polar surface area (TPSA) is 108 Å². The van der Waals surface area contributed by atoms with Crippen LogP contribution in [0, 0.1) is 5.92 Å². The first-order chi connectivity index (χ1) is 22.6.